The number of hydrogen-bond donors (Lipinski definition) is 1. The van der Waals surface area contributed by atoms with E-state index in [4.69, 9.17) is 5.73 Å². The van der Waals surface area contributed by atoms with Crippen LogP contribution in [-0.2, 0) is 0 Å². The summed E-state index contributed by atoms with van der Waals surface area (Å²) in [4.78, 5) is 2.68. The Morgan fingerprint density at radius 1 is 1.38 bits per heavy atom. The van der Waals surface area contributed by atoms with E-state index in [0.717, 1.165) is 17.8 Å². The third kappa shape index (κ3) is 2.57. The van der Waals surface area contributed by atoms with Crippen molar-refractivity contribution >= 4 is 11.8 Å². The molecular formula is C13H26N2S. The largest absolute Gasteiger partial charge is 0.330 e. The minimum Gasteiger partial charge on any atom is -0.330 e. The summed E-state index contributed by atoms with van der Waals surface area (Å²) in [6, 6.07) is 0.744. The van der Waals surface area contributed by atoms with E-state index >= 15 is 0 Å². The van der Waals surface area contributed by atoms with Crippen LogP contribution in [-0.4, -0.2) is 41.6 Å². The van der Waals surface area contributed by atoms with Gasteiger partial charge in [0.25, 0.3) is 0 Å². The van der Waals surface area contributed by atoms with E-state index in [1.54, 1.807) is 0 Å². The van der Waals surface area contributed by atoms with Crippen LogP contribution >= 0.6 is 11.8 Å². The monoisotopic (exact) mass is 242 g/mol. The molecule has 2 aliphatic rings. The summed E-state index contributed by atoms with van der Waals surface area (Å²) in [6.07, 6.45) is 5.47. The third-order valence-corrected chi connectivity index (χ3v) is 6.13. The lowest BCUT2D eigenvalue weighted by Crippen LogP contribution is -2.47. The van der Waals surface area contributed by atoms with E-state index in [-0.39, 0.29) is 0 Å². The summed E-state index contributed by atoms with van der Waals surface area (Å²) in [6.45, 7) is 8.19. The summed E-state index contributed by atoms with van der Waals surface area (Å²) in [5.74, 6) is 1.31. The van der Waals surface area contributed by atoms with Gasteiger partial charge >= 0.3 is 0 Å². The molecule has 2 rings (SSSR count). The topological polar surface area (TPSA) is 29.3 Å². The highest BCUT2D eigenvalue weighted by molar-refractivity contribution is 8.00. The van der Waals surface area contributed by atoms with Crippen molar-refractivity contribution in [3.05, 3.63) is 0 Å². The first-order valence-corrected chi connectivity index (χ1v) is 7.77. The molecule has 1 saturated carbocycles. The Labute approximate surface area is 104 Å². The zero-order valence-corrected chi connectivity index (χ0v) is 11.6. The Morgan fingerprint density at radius 2 is 2.12 bits per heavy atom. The molecule has 2 unspecified atom stereocenters. The summed E-state index contributed by atoms with van der Waals surface area (Å²) in [5, 5.41) is 0.795. The molecule has 0 aromatic rings. The first-order valence-electron chi connectivity index (χ1n) is 6.73. The molecule has 2 nitrogen and oxygen atoms in total. The average molecular weight is 242 g/mol. The fraction of sp³-hybridized carbons (Fsp3) is 1.00. The Balaban J connectivity index is 1.80. The normalized spacial score (nSPS) is 34.7. The van der Waals surface area contributed by atoms with Gasteiger partial charge in [-0.2, -0.15) is 11.8 Å². The maximum atomic E-state index is 5.92. The fourth-order valence-corrected chi connectivity index (χ4v) is 4.09. The van der Waals surface area contributed by atoms with Crippen LogP contribution < -0.4 is 5.73 Å². The molecule has 1 heterocycles. The fourth-order valence-electron chi connectivity index (χ4n) is 2.92. The summed E-state index contributed by atoms with van der Waals surface area (Å²) in [5.41, 5.74) is 6.45. The molecule has 1 saturated heterocycles. The zero-order valence-electron chi connectivity index (χ0n) is 10.7. The van der Waals surface area contributed by atoms with Gasteiger partial charge in [0.05, 0.1) is 0 Å². The van der Waals surface area contributed by atoms with Crippen LogP contribution in [0.5, 0.6) is 0 Å². The highest BCUT2D eigenvalue weighted by Gasteiger charge is 2.36. The first-order chi connectivity index (χ1) is 7.67. The smallest absolute Gasteiger partial charge is 0.0184 e. The molecule has 3 heteroatoms. The molecule has 1 aliphatic heterocycles. The van der Waals surface area contributed by atoms with Gasteiger partial charge in [0.1, 0.15) is 0 Å². The average Bonchev–Trinajstić information content (AvgIpc) is 2.23. The minimum atomic E-state index is 0.521. The summed E-state index contributed by atoms with van der Waals surface area (Å²) < 4.78 is 0. The Kier molecular flexibility index (Phi) is 4.20. The van der Waals surface area contributed by atoms with E-state index in [1.807, 2.05) is 0 Å². The number of nitrogens with two attached hydrogens (primary N) is 1. The van der Waals surface area contributed by atoms with Crippen LogP contribution in [0.15, 0.2) is 0 Å². The summed E-state index contributed by atoms with van der Waals surface area (Å²) >= 11 is 2.12. The lowest BCUT2D eigenvalue weighted by molar-refractivity contribution is 0.0950. The Hall–Kier alpha value is 0.270. The van der Waals surface area contributed by atoms with E-state index < -0.39 is 0 Å². The summed E-state index contributed by atoms with van der Waals surface area (Å²) in [7, 11) is 0. The van der Waals surface area contributed by atoms with Crippen LogP contribution in [0.4, 0.5) is 0 Å². The highest BCUT2D eigenvalue weighted by atomic mass is 32.2. The van der Waals surface area contributed by atoms with Crippen molar-refractivity contribution in [1.82, 2.24) is 4.90 Å². The van der Waals surface area contributed by atoms with Crippen molar-refractivity contribution in [2.45, 2.75) is 50.8 Å². The number of rotatable bonds is 4. The van der Waals surface area contributed by atoms with Crippen LogP contribution in [0, 0.1) is 5.41 Å². The van der Waals surface area contributed by atoms with Crippen molar-refractivity contribution in [2.24, 2.45) is 11.1 Å². The van der Waals surface area contributed by atoms with Gasteiger partial charge in [0.15, 0.2) is 0 Å². The van der Waals surface area contributed by atoms with E-state index in [9.17, 15) is 0 Å². The number of hydrogen-bond acceptors (Lipinski definition) is 3. The molecule has 0 aromatic carbocycles. The Morgan fingerprint density at radius 3 is 2.69 bits per heavy atom. The predicted molar refractivity (Wildman–Crippen MR) is 72.9 cm³/mol. The standard InChI is InChI=1S/C13H26N2S/c1-11-12(2)16-9-8-15(11)7-6-13(10-14)4-3-5-13/h11-12H,3-10,14H2,1-2H3. The van der Waals surface area contributed by atoms with Crippen LogP contribution in [0.3, 0.4) is 0 Å². The van der Waals surface area contributed by atoms with Gasteiger partial charge in [-0.15, -0.1) is 0 Å². The second kappa shape index (κ2) is 5.28. The molecule has 1 aliphatic carbocycles. The van der Waals surface area contributed by atoms with Crippen molar-refractivity contribution in [2.75, 3.05) is 25.4 Å². The molecule has 0 aromatic heterocycles. The van der Waals surface area contributed by atoms with Crippen molar-refractivity contribution in [3.8, 4) is 0 Å². The maximum absolute atomic E-state index is 5.92. The molecule has 2 N–H and O–H groups in total. The van der Waals surface area contributed by atoms with E-state index in [2.05, 4.69) is 30.5 Å². The van der Waals surface area contributed by atoms with Crippen molar-refractivity contribution < 1.29 is 0 Å². The van der Waals surface area contributed by atoms with Crippen molar-refractivity contribution in [3.63, 3.8) is 0 Å². The van der Waals surface area contributed by atoms with Crippen molar-refractivity contribution in [1.29, 1.82) is 0 Å². The van der Waals surface area contributed by atoms with Gasteiger partial charge in [-0.25, -0.2) is 0 Å². The van der Waals surface area contributed by atoms with Crippen LogP contribution in [0.2, 0.25) is 0 Å². The van der Waals surface area contributed by atoms with Gasteiger partial charge in [-0.3, -0.25) is 4.90 Å². The van der Waals surface area contributed by atoms with Gasteiger partial charge in [-0.1, -0.05) is 13.3 Å². The predicted octanol–water partition coefficient (Wildman–Crippen LogP) is 2.33. The van der Waals surface area contributed by atoms with Gasteiger partial charge < -0.3 is 5.73 Å². The van der Waals surface area contributed by atoms with Crippen LogP contribution in [0.25, 0.3) is 0 Å². The number of nitrogens with zero attached hydrogens (tertiary/aromatic N) is 1. The maximum Gasteiger partial charge on any atom is 0.0184 e. The van der Waals surface area contributed by atoms with E-state index in [0.29, 0.717) is 5.41 Å². The lowest BCUT2D eigenvalue weighted by atomic mass is 9.66. The molecule has 16 heavy (non-hydrogen) atoms. The molecule has 94 valence electrons. The first kappa shape index (κ1) is 12.7. The molecule has 0 spiro atoms. The highest BCUT2D eigenvalue weighted by Crippen LogP contribution is 2.43. The minimum absolute atomic E-state index is 0.521. The van der Waals surface area contributed by atoms with E-state index in [1.165, 1.54) is 44.5 Å². The quantitative estimate of drug-likeness (QED) is 0.820. The molecule has 0 radical (unpaired) electrons. The van der Waals surface area contributed by atoms with Crippen LogP contribution in [0.1, 0.15) is 39.5 Å². The molecule has 2 atom stereocenters. The number of thioether (sulfide) groups is 1. The molecular weight excluding hydrogens is 216 g/mol. The van der Waals surface area contributed by atoms with Gasteiger partial charge in [0, 0.05) is 23.6 Å². The molecule has 2 fully saturated rings. The molecule has 0 bridgehead atoms. The second-order valence-corrected chi connectivity index (χ2v) is 7.15. The van der Waals surface area contributed by atoms with Gasteiger partial charge in [-0.05, 0) is 44.7 Å². The zero-order chi connectivity index (χ0) is 11.6. The third-order valence-electron chi connectivity index (χ3n) is 4.79. The molecule has 0 amide bonds. The van der Waals surface area contributed by atoms with Gasteiger partial charge in [0.2, 0.25) is 0 Å². The lowest BCUT2D eigenvalue weighted by Gasteiger charge is -2.44. The Bertz CT molecular complexity index is 222. The second-order valence-electron chi connectivity index (χ2n) is 5.66. The SMILES string of the molecule is CC1SCCN(CCC2(CN)CCC2)C1C.